The third-order valence-electron chi connectivity index (χ3n) is 3.31. The van der Waals surface area contributed by atoms with E-state index in [1.807, 2.05) is 0 Å². The van der Waals surface area contributed by atoms with Crippen molar-refractivity contribution in [3.63, 3.8) is 0 Å². The fourth-order valence-electron chi connectivity index (χ4n) is 2.11. The highest BCUT2D eigenvalue weighted by molar-refractivity contribution is 5.94. The van der Waals surface area contributed by atoms with Crippen molar-refractivity contribution < 1.29 is 23.8 Å². The van der Waals surface area contributed by atoms with Gasteiger partial charge in [-0.25, -0.2) is 0 Å². The summed E-state index contributed by atoms with van der Waals surface area (Å²) in [4.78, 5) is 24.4. The topological polar surface area (TPSA) is 65.1 Å². The Morgan fingerprint density at radius 2 is 1.89 bits per heavy atom. The smallest absolute Gasteiger partial charge is 0.315 e. The molecular weight excluding hydrogens is 238 g/mol. The van der Waals surface area contributed by atoms with Crippen LogP contribution in [0.3, 0.4) is 0 Å². The Balaban J connectivity index is 1.68. The number of nitrogens with zero attached hydrogens (tertiary/aromatic N) is 1. The minimum absolute atomic E-state index is 0.160. The van der Waals surface area contributed by atoms with Crippen LogP contribution in [0.25, 0.3) is 0 Å². The maximum atomic E-state index is 11.7. The molecule has 2 aliphatic heterocycles. The summed E-state index contributed by atoms with van der Waals surface area (Å²) < 4.78 is 15.3. The van der Waals surface area contributed by atoms with Gasteiger partial charge >= 0.3 is 5.97 Å². The summed E-state index contributed by atoms with van der Waals surface area (Å²) in [7, 11) is 1.29. The summed E-state index contributed by atoms with van der Waals surface area (Å²) in [5.74, 6) is -0.641. The van der Waals surface area contributed by atoms with Crippen LogP contribution in [0.4, 0.5) is 0 Å². The van der Waals surface area contributed by atoms with Gasteiger partial charge in [0.25, 0.3) is 0 Å². The lowest BCUT2D eigenvalue weighted by atomic mass is 10.1. The highest BCUT2D eigenvalue weighted by Crippen LogP contribution is 2.18. The molecule has 0 spiro atoms. The maximum absolute atomic E-state index is 11.7. The molecule has 0 radical (unpaired) electrons. The fraction of sp³-hybridized carbons (Fsp3) is 0.833. The fourth-order valence-corrected chi connectivity index (χ4v) is 2.11. The van der Waals surface area contributed by atoms with Crippen molar-refractivity contribution in [1.82, 2.24) is 4.90 Å². The number of methoxy groups -OCH3 is 1. The van der Waals surface area contributed by atoms with Crippen LogP contribution in [0.1, 0.15) is 19.3 Å². The third kappa shape index (κ3) is 3.43. The van der Waals surface area contributed by atoms with Crippen LogP contribution in [-0.4, -0.2) is 62.4 Å². The first-order valence-corrected chi connectivity index (χ1v) is 6.27. The summed E-state index contributed by atoms with van der Waals surface area (Å²) in [6, 6.07) is 0. The van der Waals surface area contributed by atoms with Crippen LogP contribution < -0.4 is 0 Å². The first-order chi connectivity index (χ1) is 8.69. The molecule has 102 valence electrons. The molecule has 0 bridgehead atoms. The quantitative estimate of drug-likeness (QED) is 0.522. The van der Waals surface area contributed by atoms with Gasteiger partial charge in [0.15, 0.2) is 0 Å². The van der Waals surface area contributed by atoms with Crippen LogP contribution >= 0.6 is 0 Å². The SMILES string of the molecule is COC(=O)CC(=O)N1CCC(OC2COC2)CC1. The second kappa shape index (κ2) is 6.15. The van der Waals surface area contributed by atoms with Crippen molar-refractivity contribution in [2.45, 2.75) is 31.5 Å². The first-order valence-electron chi connectivity index (χ1n) is 6.27. The van der Waals surface area contributed by atoms with Gasteiger partial charge in [-0.15, -0.1) is 0 Å². The standard InChI is InChI=1S/C12H19NO5/c1-16-12(15)6-11(14)13-4-2-9(3-5-13)18-10-7-17-8-10/h9-10H,2-8H2,1H3. The van der Waals surface area contributed by atoms with Crippen molar-refractivity contribution in [3.05, 3.63) is 0 Å². The Labute approximate surface area is 106 Å². The average Bonchev–Trinajstić information content (AvgIpc) is 2.34. The molecule has 6 nitrogen and oxygen atoms in total. The van der Waals surface area contributed by atoms with E-state index in [0.29, 0.717) is 26.3 Å². The highest BCUT2D eigenvalue weighted by atomic mass is 16.6. The van der Waals surface area contributed by atoms with Gasteiger partial charge in [-0.1, -0.05) is 0 Å². The predicted molar refractivity (Wildman–Crippen MR) is 61.9 cm³/mol. The molecule has 0 aliphatic carbocycles. The van der Waals surface area contributed by atoms with Gasteiger partial charge in [-0.3, -0.25) is 9.59 Å². The molecule has 0 N–H and O–H groups in total. The van der Waals surface area contributed by atoms with Crippen molar-refractivity contribution in [1.29, 1.82) is 0 Å². The minimum atomic E-state index is -0.481. The Morgan fingerprint density at radius 1 is 1.22 bits per heavy atom. The molecule has 2 heterocycles. The van der Waals surface area contributed by atoms with E-state index >= 15 is 0 Å². The molecule has 2 fully saturated rings. The van der Waals surface area contributed by atoms with Crippen LogP contribution in [-0.2, 0) is 23.8 Å². The molecule has 2 saturated heterocycles. The van der Waals surface area contributed by atoms with Crippen molar-refractivity contribution in [2.24, 2.45) is 0 Å². The van der Waals surface area contributed by atoms with E-state index in [2.05, 4.69) is 4.74 Å². The summed E-state index contributed by atoms with van der Waals surface area (Å²) in [6.07, 6.45) is 1.92. The van der Waals surface area contributed by atoms with Crippen molar-refractivity contribution >= 4 is 11.9 Å². The average molecular weight is 257 g/mol. The Kier molecular flexibility index (Phi) is 4.54. The normalized spacial score (nSPS) is 21.5. The lowest BCUT2D eigenvalue weighted by Crippen LogP contribution is -2.45. The Bertz CT molecular complexity index is 308. The Hall–Kier alpha value is -1.14. The predicted octanol–water partition coefficient (Wildman–Crippen LogP) is -0.0441. The van der Waals surface area contributed by atoms with Gasteiger partial charge in [0.05, 0.1) is 26.4 Å². The van der Waals surface area contributed by atoms with Crippen LogP contribution in [0, 0.1) is 0 Å². The number of esters is 1. The van der Waals surface area contributed by atoms with Gasteiger partial charge in [0, 0.05) is 13.1 Å². The molecule has 0 aromatic carbocycles. The molecule has 2 rings (SSSR count). The molecular formula is C12H19NO5. The molecule has 1 amide bonds. The summed E-state index contributed by atoms with van der Waals surface area (Å²) in [6.45, 7) is 2.66. The molecule has 2 aliphatic rings. The number of piperidine rings is 1. The third-order valence-corrected chi connectivity index (χ3v) is 3.31. The van der Waals surface area contributed by atoms with E-state index in [0.717, 1.165) is 12.8 Å². The molecule has 6 heteroatoms. The zero-order valence-electron chi connectivity index (χ0n) is 10.6. The van der Waals surface area contributed by atoms with Crippen molar-refractivity contribution in [2.75, 3.05) is 33.4 Å². The van der Waals surface area contributed by atoms with E-state index < -0.39 is 5.97 Å². The molecule has 0 saturated carbocycles. The number of carbonyl (C=O) groups excluding carboxylic acids is 2. The van der Waals surface area contributed by atoms with E-state index in [4.69, 9.17) is 9.47 Å². The zero-order chi connectivity index (χ0) is 13.0. The number of hydrogen-bond acceptors (Lipinski definition) is 5. The Morgan fingerprint density at radius 3 is 2.39 bits per heavy atom. The van der Waals surface area contributed by atoms with Gasteiger partial charge in [0.1, 0.15) is 12.5 Å². The molecule has 0 aromatic rings. The van der Waals surface area contributed by atoms with Gasteiger partial charge in [-0.2, -0.15) is 0 Å². The number of amides is 1. The largest absolute Gasteiger partial charge is 0.469 e. The minimum Gasteiger partial charge on any atom is -0.469 e. The maximum Gasteiger partial charge on any atom is 0.315 e. The number of rotatable bonds is 4. The molecule has 0 aromatic heterocycles. The summed E-state index contributed by atoms with van der Waals surface area (Å²) >= 11 is 0. The lowest BCUT2D eigenvalue weighted by Gasteiger charge is -2.36. The molecule has 0 unspecified atom stereocenters. The van der Waals surface area contributed by atoms with Crippen LogP contribution in [0.5, 0.6) is 0 Å². The van der Waals surface area contributed by atoms with Gasteiger partial charge in [0.2, 0.25) is 5.91 Å². The number of carbonyl (C=O) groups is 2. The molecule has 18 heavy (non-hydrogen) atoms. The lowest BCUT2D eigenvalue weighted by molar-refractivity contribution is -0.165. The van der Waals surface area contributed by atoms with Gasteiger partial charge < -0.3 is 19.1 Å². The van der Waals surface area contributed by atoms with Crippen LogP contribution in [0.15, 0.2) is 0 Å². The zero-order valence-corrected chi connectivity index (χ0v) is 10.6. The van der Waals surface area contributed by atoms with E-state index in [-0.39, 0.29) is 24.5 Å². The first kappa shape index (κ1) is 13.3. The highest BCUT2D eigenvalue weighted by Gasteiger charge is 2.28. The van der Waals surface area contributed by atoms with Crippen molar-refractivity contribution in [3.8, 4) is 0 Å². The number of hydrogen-bond donors (Lipinski definition) is 0. The monoisotopic (exact) mass is 257 g/mol. The number of ether oxygens (including phenoxy) is 3. The van der Waals surface area contributed by atoms with E-state index in [1.165, 1.54) is 7.11 Å². The summed E-state index contributed by atoms with van der Waals surface area (Å²) in [5, 5.41) is 0. The summed E-state index contributed by atoms with van der Waals surface area (Å²) in [5.41, 5.74) is 0. The van der Waals surface area contributed by atoms with Gasteiger partial charge in [-0.05, 0) is 12.8 Å². The second-order valence-electron chi connectivity index (χ2n) is 4.63. The second-order valence-corrected chi connectivity index (χ2v) is 4.63. The number of likely N-dealkylation sites (tertiary alicyclic amines) is 1. The molecule has 0 atom stereocenters. The van der Waals surface area contributed by atoms with Crippen LogP contribution in [0.2, 0.25) is 0 Å². The van der Waals surface area contributed by atoms with E-state index in [9.17, 15) is 9.59 Å². The van der Waals surface area contributed by atoms with E-state index in [1.54, 1.807) is 4.90 Å².